The molecule has 0 aromatic heterocycles. The molecule has 5 heteroatoms. The first-order valence-electron chi connectivity index (χ1n) is 6.47. The summed E-state index contributed by atoms with van der Waals surface area (Å²) in [6.45, 7) is 0. The fraction of sp³-hybridized carbons (Fsp3) is 0.429. The maximum Gasteiger partial charge on any atom is 0.306 e. The largest absolute Gasteiger partial charge is 0.481 e. The molecule has 3 atom stereocenters. The summed E-state index contributed by atoms with van der Waals surface area (Å²) in [7, 11) is 0. The third-order valence-electron chi connectivity index (χ3n) is 4.03. The number of fused-ring (bicyclic) bond motifs is 1. The van der Waals surface area contributed by atoms with Crippen LogP contribution in [0.25, 0.3) is 0 Å². The van der Waals surface area contributed by atoms with Gasteiger partial charge in [-0.25, -0.2) is 0 Å². The molecule has 0 saturated heterocycles. The molecule has 0 radical (unpaired) electrons. The molecular formula is C14H16N2O3. The number of aryl methyl sites for hydroxylation is 1. The number of amides is 1. The lowest BCUT2D eigenvalue weighted by atomic mass is 9.95. The molecule has 19 heavy (non-hydrogen) atoms. The minimum atomic E-state index is -0.759. The Morgan fingerprint density at radius 2 is 2.21 bits per heavy atom. The van der Waals surface area contributed by atoms with Crippen LogP contribution in [0.3, 0.4) is 0 Å². The van der Waals surface area contributed by atoms with Crippen LogP contribution in [0.1, 0.15) is 30.0 Å². The lowest BCUT2D eigenvalue weighted by Crippen LogP contribution is -2.20. The first kappa shape index (κ1) is 12.2. The van der Waals surface area contributed by atoms with E-state index < -0.39 is 5.97 Å². The molecule has 1 amide bonds. The van der Waals surface area contributed by atoms with E-state index >= 15 is 0 Å². The van der Waals surface area contributed by atoms with Gasteiger partial charge in [-0.3, -0.25) is 9.59 Å². The van der Waals surface area contributed by atoms with Crippen molar-refractivity contribution in [3.63, 3.8) is 0 Å². The quantitative estimate of drug-likeness (QED) is 0.763. The topological polar surface area (TPSA) is 92.4 Å². The van der Waals surface area contributed by atoms with E-state index in [1.54, 1.807) is 0 Å². The summed E-state index contributed by atoms with van der Waals surface area (Å²) in [6.07, 6.45) is 1.87. The van der Waals surface area contributed by atoms with Crippen molar-refractivity contribution in [1.82, 2.24) is 0 Å². The van der Waals surface area contributed by atoms with Crippen LogP contribution in [0.4, 0.5) is 5.69 Å². The molecule has 1 aromatic rings. The number of carbonyl (C=O) groups is 2. The third kappa shape index (κ3) is 2.21. The highest BCUT2D eigenvalue weighted by Crippen LogP contribution is 2.46. The molecule has 1 heterocycles. The van der Waals surface area contributed by atoms with Gasteiger partial charge < -0.3 is 16.2 Å². The number of anilines is 1. The number of hydrogen-bond donors (Lipinski definition) is 3. The van der Waals surface area contributed by atoms with Crippen LogP contribution in [-0.4, -0.2) is 17.0 Å². The molecule has 100 valence electrons. The number of carboxylic acid groups (broad SMARTS) is 1. The second-order valence-corrected chi connectivity index (χ2v) is 5.33. The zero-order chi connectivity index (χ0) is 13.6. The average Bonchev–Trinajstić information content (AvgIpc) is 3.17. The number of rotatable bonds is 3. The number of hydrogen-bond acceptors (Lipinski definition) is 3. The fourth-order valence-corrected chi connectivity index (χ4v) is 2.75. The molecule has 5 nitrogen and oxygen atoms in total. The Balaban J connectivity index is 1.79. The number of carbonyl (C=O) groups excluding carboxylic acids is 1. The standard InChI is InChI=1S/C14H16N2O3/c15-13(9-6-10(9)14(18)19)8-1-3-11-7(5-8)2-4-12(17)16-11/h1,3,5,9-10,13H,2,4,6,15H2,(H,16,17)(H,18,19). The molecule has 1 fully saturated rings. The van der Waals surface area contributed by atoms with Crippen molar-refractivity contribution in [2.24, 2.45) is 17.6 Å². The van der Waals surface area contributed by atoms with Gasteiger partial charge in [0.15, 0.2) is 0 Å². The maximum atomic E-state index is 11.3. The van der Waals surface area contributed by atoms with Crippen LogP contribution >= 0.6 is 0 Å². The predicted molar refractivity (Wildman–Crippen MR) is 69.6 cm³/mol. The normalized spacial score (nSPS) is 26.3. The molecule has 3 rings (SSSR count). The van der Waals surface area contributed by atoms with E-state index in [4.69, 9.17) is 10.8 Å². The zero-order valence-electron chi connectivity index (χ0n) is 10.4. The number of nitrogens with one attached hydrogen (secondary N) is 1. The van der Waals surface area contributed by atoms with Gasteiger partial charge in [-0.1, -0.05) is 12.1 Å². The summed E-state index contributed by atoms with van der Waals surface area (Å²) >= 11 is 0. The number of aliphatic carboxylic acids is 1. The molecule has 4 N–H and O–H groups in total. The third-order valence-corrected chi connectivity index (χ3v) is 4.03. The van der Waals surface area contributed by atoms with Gasteiger partial charge in [-0.2, -0.15) is 0 Å². The van der Waals surface area contributed by atoms with Gasteiger partial charge >= 0.3 is 5.97 Å². The first-order chi connectivity index (χ1) is 9.06. The van der Waals surface area contributed by atoms with Crippen LogP contribution in [0.5, 0.6) is 0 Å². The smallest absolute Gasteiger partial charge is 0.306 e. The van der Waals surface area contributed by atoms with Gasteiger partial charge in [0.05, 0.1) is 5.92 Å². The Labute approximate surface area is 110 Å². The highest BCUT2D eigenvalue weighted by atomic mass is 16.4. The van der Waals surface area contributed by atoms with E-state index in [1.807, 2.05) is 18.2 Å². The van der Waals surface area contributed by atoms with Crippen molar-refractivity contribution in [1.29, 1.82) is 0 Å². The Bertz CT molecular complexity index is 556. The van der Waals surface area contributed by atoms with E-state index in [0.717, 1.165) is 23.2 Å². The highest BCUT2D eigenvalue weighted by Gasteiger charge is 2.47. The summed E-state index contributed by atoms with van der Waals surface area (Å²) in [5.41, 5.74) is 9.03. The monoisotopic (exact) mass is 260 g/mol. The van der Waals surface area contributed by atoms with Crippen LogP contribution in [0.2, 0.25) is 0 Å². The van der Waals surface area contributed by atoms with E-state index in [2.05, 4.69) is 5.32 Å². The van der Waals surface area contributed by atoms with Crippen molar-refractivity contribution in [3.05, 3.63) is 29.3 Å². The lowest BCUT2D eigenvalue weighted by molar-refractivity contribution is -0.138. The summed E-state index contributed by atoms with van der Waals surface area (Å²) in [5.74, 6) is -0.983. The first-order valence-corrected chi connectivity index (χ1v) is 6.47. The molecule has 2 aliphatic rings. The van der Waals surface area contributed by atoms with Gasteiger partial charge in [0.2, 0.25) is 5.91 Å². The van der Waals surface area contributed by atoms with E-state index in [-0.39, 0.29) is 23.8 Å². The molecule has 0 bridgehead atoms. The number of nitrogens with two attached hydrogens (primary N) is 1. The van der Waals surface area contributed by atoms with Crippen LogP contribution in [-0.2, 0) is 16.0 Å². The summed E-state index contributed by atoms with van der Waals surface area (Å²) in [4.78, 5) is 22.2. The van der Waals surface area contributed by atoms with Gasteiger partial charge in [0.1, 0.15) is 0 Å². The second-order valence-electron chi connectivity index (χ2n) is 5.33. The van der Waals surface area contributed by atoms with Crippen LogP contribution in [0.15, 0.2) is 18.2 Å². The Kier molecular flexibility index (Phi) is 2.78. The van der Waals surface area contributed by atoms with E-state index in [9.17, 15) is 9.59 Å². The summed E-state index contributed by atoms with van der Waals surface area (Å²) in [6, 6.07) is 5.51. The van der Waals surface area contributed by atoms with Crippen LogP contribution < -0.4 is 11.1 Å². The van der Waals surface area contributed by atoms with Crippen molar-refractivity contribution in [3.8, 4) is 0 Å². The summed E-state index contributed by atoms with van der Waals surface area (Å²) in [5, 5.41) is 11.8. The molecule has 1 aromatic carbocycles. The van der Waals surface area contributed by atoms with E-state index in [0.29, 0.717) is 12.8 Å². The second kappa shape index (κ2) is 4.35. The van der Waals surface area contributed by atoms with E-state index in [1.165, 1.54) is 0 Å². The lowest BCUT2D eigenvalue weighted by Gasteiger charge is -2.19. The molecular weight excluding hydrogens is 244 g/mol. The minimum absolute atomic E-state index is 0.0359. The highest BCUT2D eigenvalue weighted by molar-refractivity contribution is 5.93. The SMILES string of the molecule is NC(c1ccc2c(c1)CCC(=O)N2)C1CC1C(=O)O. The molecule has 3 unspecified atom stereocenters. The molecule has 1 saturated carbocycles. The van der Waals surface area contributed by atoms with Gasteiger partial charge in [-0.15, -0.1) is 0 Å². The van der Waals surface area contributed by atoms with Crippen molar-refractivity contribution in [2.75, 3.05) is 5.32 Å². The van der Waals surface area contributed by atoms with Crippen molar-refractivity contribution < 1.29 is 14.7 Å². The maximum absolute atomic E-state index is 11.3. The Hall–Kier alpha value is -1.88. The Morgan fingerprint density at radius 3 is 2.89 bits per heavy atom. The van der Waals surface area contributed by atoms with Crippen molar-refractivity contribution >= 4 is 17.6 Å². The zero-order valence-corrected chi connectivity index (χ0v) is 10.4. The van der Waals surface area contributed by atoms with Gasteiger partial charge in [0, 0.05) is 18.2 Å². The minimum Gasteiger partial charge on any atom is -0.481 e. The molecule has 0 spiro atoms. The fourth-order valence-electron chi connectivity index (χ4n) is 2.75. The Morgan fingerprint density at radius 1 is 1.42 bits per heavy atom. The number of benzene rings is 1. The van der Waals surface area contributed by atoms with Gasteiger partial charge in [0.25, 0.3) is 0 Å². The predicted octanol–water partition coefficient (Wildman–Crippen LogP) is 1.29. The van der Waals surface area contributed by atoms with Crippen molar-refractivity contribution in [2.45, 2.75) is 25.3 Å². The summed E-state index contributed by atoms with van der Waals surface area (Å²) < 4.78 is 0. The number of carboxylic acids is 1. The molecule has 1 aliphatic carbocycles. The molecule has 1 aliphatic heterocycles. The van der Waals surface area contributed by atoms with Gasteiger partial charge in [-0.05, 0) is 36.0 Å². The van der Waals surface area contributed by atoms with Crippen LogP contribution in [0, 0.1) is 11.8 Å². The average molecular weight is 260 g/mol.